The first-order valence-corrected chi connectivity index (χ1v) is 12.3. The zero-order chi connectivity index (χ0) is 22.6. The highest BCUT2D eigenvalue weighted by atomic mass is 35.5. The molecule has 0 unspecified atom stereocenters. The van der Waals surface area contributed by atoms with Crippen molar-refractivity contribution in [2.24, 2.45) is 11.8 Å². The SMILES string of the molecule is CC(C)C(NC(=O)c1ccc(CN(c2cc(Cl)cc(Cl)c2)S(C)(=O)=O)cc1)C(C)C. The maximum Gasteiger partial charge on any atom is 0.251 e. The maximum atomic E-state index is 12.6. The Labute approximate surface area is 189 Å². The molecule has 2 aromatic carbocycles. The average molecular weight is 471 g/mol. The molecule has 0 saturated heterocycles. The average Bonchev–Trinajstić information content (AvgIpc) is 2.62. The van der Waals surface area contributed by atoms with Crippen LogP contribution in [0.5, 0.6) is 0 Å². The minimum atomic E-state index is -3.57. The zero-order valence-electron chi connectivity index (χ0n) is 17.8. The normalized spacial score (nSPS) is 11.9. The molecule has 1 N–H and O–H groups in total. The van der Waals surface area contributed by atoms with E-state index in [0.29, 0.717) is 33.1 Å². The third-order valence-corrected chi connectivity index (χ3v) is 6.39. The lowest BCUT2D eigenvalue weighted by Crippen LogP contribution is -2.42. The van der Waals surface area contributed by atoms with Gasteiger partial charge in [-0.1, -0.05) is 63.0 Å². The number of carbonyl (C=O) groups excluding carboxylic acids is 1. The van der Waals surface area contributed by atoms with E-state index in [1.807, 2.05) is 0 Å². The van der Waals surface area contributed by atoms with E-state index in [4.69, 9.17) is 23.2 Å². The number of sulfonamides is 1. The van der Waals surface area contributed by atoms with Gasteiger partial charge in [-0.25, -0.2) is 8.42 Å². The first-order valence-electron chi connectivity index (χ1n) is 9.72. The molecule has 0 spiro atoms. The molecule has 2 rings (SSSR count). The summed E-state index contributed by atoms with van der Waals surface area (Å²) in [5, 5.41) is 3.78. The Kier molecular flexibility index (Phi) is 8.20. The molecule has 0 atom stereocenters. The van der Waals surface area contributed by atoms with Gasteiger partial charge in [-0.3, -0.25) is 9.10 Å². The summed E-state index contributed by atoms with van der Waals surface area (Å²) < 4.78 is 25.9. The van der Waals surface area contributed by atoms with Crippen molar-refractivity contribution in [3.05, 3.63) is 63.6 Å². The second-order valence-electron chi connectivity index (χ2n) is 8.08. The maximum absolute atomic E-state index is 12.6. The highest BCUT2D eigenvalue weighted by Gasteiger charge is 2.21. The van der Waals surface area contributed by atoms with Crippen LogP contribution in [0, 0.1) is 11.8 Å². The number of benzene rings is 2. The fraction of sp³-hybridized carbons (Fsp3) is 0.409. The van der Waals surface area contributed by atoms with E-state index < -0.39 is 10.0 Å². The third kappa shape index (κ3) is 6.62. The molecule has 0 aliphatic carbocycles. The summed E-state index contributed by atoms with van der Waals surface area (Å²) in [6, 6.07) is 11.6. The van der Waals surface area contributed by atoms with Gasteiger partial charge in [0, 0.05) is 21.7 Å². The molecule has 2 aromatic rings. The molecule has 0 aliphatic heterocycles. The van der Waals surface area contributed by atoms with E-state index in [0.717, 1.165) is 11.8 Å². The van der Waals surface area contributed by atoms with Gasteiger partial charge < -0.3 is 5.32 Å². The summed E-state index contributed by atoms with van der Waals surface area (Å²) in [4.78, 5) is 12.6. The fourth-order valence-corrected chi connectivity index (χ4v) is 4.73. The number of amides is 1. The van der Waals surface area contributed by atoms with Crippen LogP contribution in [0.2, 0.25) is 10.0 Å². The molecular weight excluding hydrogens is 443 g/mol. The Morgan fingerprint density at radius 3 is 1.90 bits per heavy atom. The molecule has 0 bridgehead atoms. The Bertz CT molecular complexity index is 962. The summed E-state index contributed by atoms with van der Waals surface area (Å²) in [7, 11) is -3.57. The molecule has 0 aliphatic rings. The molecule has 0 fully saturated rings. The molecule has 1 amide bonds. The molecule has 0 heterocycles. The van der Waals surface area contributed by atoms with Crippen molar-refractivity contribution in [1.29, 1.82) is 0 Å². The number of nitrogens with zero attached hydrogens (tertiary/aromatic N) is 1. The van der Waals surface area contributed by atoms with Gasteiger partial charge in [0.2, 0.25) is 10.0 Å². The van der Waals surface area contributed by atoms with Crippen molar-refractivity contribution in [3.8, 4) is 0 Å². The van der Waals surface area contributed by atoms with Crippen molar-refractivity contribution in [1.82, 2.24) is 5.32 Å². The monoisotopic (exact) mass is 470 g/mol. The van der Waals surface area contributed by atoms with Crippen molar-refractivity contribution in [2.45, 2.75) is 40.3 Å². The molecule has 164 valence electrons. The van der Waals surface area contributed by atoms with Gasteiger partial charge in [0.05, 0.1) is 18.5 Å². The summed E-state index contributed by atoms with van der Waals surface area (Å²) in [6.45, 7) is 8.41. The predicted octanol–water partition coefficient (Wildman–Crippen LogP) is 5.37. The Hall–Kier alpha value is -1.76. The zero-order valence-corrected chi connectivity index (χ0v) is 20.1. The minimum Gasteiger partial charge on any atom is -0.349 e. The van der Waals surface area contributed by atoms with Crippen molar-refractivity contribution < 1.29 is 13.2 Å². The van der Waals surface area contributed by atoms with E-state index in [1.54, 1.807) is 42.5 Å². The lowest BCUT2D eigenvalue weighted by Gasteiger charge is -2.26. The highest BCUT2D eigenvalue weighted by Crippen LogP contribution is 2.28. The van der Waals surface area contributed by atoms with Crippen LogP contribution in [0.1, 0.15) is 43.6 Å². The third-order valence-electron chi connectivity index (χ3n) is 4.81. The molecule has 0 aromatic heterocycles. The van der Waals surface area contributed by atoms with Crippen LogP contribution in [-0.2, 0) is 16.6 Å². The molecule has 0 radical (unpaired) electrons. The molecule has 5 nitrogen and oxygen atoms in total. The topological polar surface area (TPSA) is 66.5 Å². The number of hydrogen-bond donors (Lipinski definition) is 1. The van der Waals surface area contributed by atoms with E-state index in [1.165, 1.54) is 4.31 Å². The Morgan fingerprint density at radius 2 is 1.47 bits per heavy atom. The van der Waals surface area contributed by atoms with Gasteiger partial charge in [-0.2, -0.15) is 0 Å². The minimum absolute atomic E-state index is 0.0745. The van der Waals surface area contributed by atoms with E-state index in [9.17, 15) is 13.2 Å². The number of anilines is 1. The fourth-order valence-electron chi connectivity index (χ4n) is 3.35. The predicted molar refractivity (Wildman–Crippen MR) is 125 cm³/mol. The molecular formula is C22H28Cl2N2O3S. The smallest absolute Gasteiger partial charge is 0.251 e. The quantitative estimate of drug-likeness (QED) is 0.563. The molecule has 8 heteroatoms. The summed E-state index contributed by atoms with van der Waals surface area (Å²) in [6.07, 6.45) is 1.13. The standard InChI is InChI=1S/C22H28Cl2N2O3S/c1-14(2)21(15(3)4)25-22(27)17-8-6-16(7-9-17)13-26(30(5,28)29)20-11-18(23)10-19(24)12-20/h6-12,14-15,21H,13H2,1-5H3,(H,25,27). The number of rotatable bonds is 8. The largest absolute Gasteiger partial charge is 0.349 e. The van der Waals surface area contributed by atoms with E-state index in [-0.39, 0.29) is 18.5 Å². The number of hydrogen-bond acceptors (Lipinski definition) is 3. The van der Waals surface area contributed by atoms with Crippen LogP contribution in [-0.4, -0.2) is 26.6 Å². The number of halogens is 2. The summed E-state index contributed by atoms with van der Waals surface area (Å²) in [5.41, 5.74) is 1.65. The molecule has 30 heavy (non-hydrogen) atoms. The van der Waals surface area contributed by atoms with Gasteiger partial charge in [0.1, 0.15) is 0 Å². The van der Waals surface area contributed by atoms with E-state index in [2.05, 4.69) is 33.0 Å². The lowest BCUT2D eigenvalue weighted by molar-refractivity contribution is 0.0910. The number of carbonyl (C=O) groups is 1. The van der Waals surface area contributed by atoms with Gasteiger partial charge in [-0.15, -0.1) is 0 Å². The van der Waals surface area contributed by atoms with Gasteiger partial charge >= 0.3 is 0 Å². The van der Waals surface area contributed by atoms with Crippen LogP contribution in [0.4, 0.5) is 5.69 Å². The lowest BCUT2D eigenvalue weighted by atomic mass is 9.93. The van der Waals surface area contributed by atoms with Gasteiger partial charge in [0.15, 0.2) is 0 Å². The van der Waals surface area contributed by atoms with Crippen LogP contribution >= 0.6 is 23.2 Å². The van der Waals surface area contributed by atoms with Gasteiger partial charge in [0.25, 0.3) is 5.91 Å². The number of nitrogens with one attached hydrogen (secondary N) is 1. The van der Waals surface area contributed by atoms with Crippen LogP contribution < -0.4 is 9.62 Å². The van der Waals surface area contributed by atoms with Crippen molar-refractivity contribution >= 4 is 44.8 Å². The second-order valence-corrected chi connectivity index (χ2v) is 10.9. The Morgan fingerprint density at radius 1 is 0.967 bits per heavy atom. The Balaban J connectivity index is 2.23. The highest BCUT2D eigenvalue weighted by molar-refractivity contribution is 7.92. The first-order chi connectivity index (χ1) is 13.9. The van der Waals surface area contributed by atoms with Gasteiger partial charge in [-0.05, 0) is 47.7 Å². The first kappa shape index (κ1) is 24.5. The second kappa shape index (κ2) is 10.0. The van der Waals surface area contributed by atoms with Crippen molar-refractivity contribution in [3.63, 3.8) is 0 Å². The van der Waals surface area contributed by atoms with Crippen LogP contribution in [0.15, 0.2) is 42.5 Å². The van der Waals surface area contributed by atoms with Crippen molar-refractivity contribution in [2.75, 3.05) is 10.6 Å². The molecule has 0 saturated carbocycles. The van der Waals surface area contributed by atoms with E-state index >= 15 is 0 Å². The van der Waals surface area contributed by atoms with Crippen LogP contribution in [0.25, 0.3) is 0 Å². The van der Waals surface area contributed by atoms with Crippen LogP contribution in [0.3, 0.4) is 0 Å². The summed E-state index contributed by atoms with van der Waals surface area (Å²) >= 11 is 12.1. The summed E-state index contributed by atoms with van der Waals surface area (Å²) in [5.74, 6) is 0.498.